The number of hydrogen-bond acceptors (Lipinski definition) is 1. The van der Waals surface area contributed by atoms with Crippen LogP contribution in [0, 0.1) is 0 Å². The van der Waals surface area contributed by atoms with E-state index in [1.807, 2.05) is 0 Å². The summed E-state index contributed by atoms with van der Waals surface area (Å²) in [7, 11) is 1.55. The van der Waals surface area contributed by atoms with Gasteiger partial charge in [0.25, 0.3) is 0 Å². The van der Waals surface area contributed by atoms with Crippen LogP contribution in [0.5, 0.6) is 0 Å². The van der Waals surface area contributed by atoms with Gasteiger partial charge >= 0.3 is 6.90 Å². The van der Waals surface area contributed by atoms with Crippen LogP contribution in [0.4, 0.5) is 0 Å². The van der Waals surface area contributed by atoms with Gasteiger partial charge < -0.3 is 4.65 Å². The number of hydrogen-bond donors (Lipinski definition) is 0. The summed E-state index contributed by atoms with van der Waals surface area (Å²) < 4.78 is 4.31. The lowest BCUT2D eigenvalue weighted by Crippen LogP contribution is -1.75. The van der Waals surface area contributed by atoms with E-state index in [2.05, 4.69) is 4.65 Å². The minimum absolute atomic E-state index is 0.292. The molecule has 0 N–H and O–H groups in total. The molecule has 0 aromatic heterocycles. The zero-order valence-corrected chi connectivity index (χ0v) is 3.25. The molecule has 0 aromatic carbocycles. The lowest BCUT2D eigenvalue weighted by molar-refractivity contribution is 0.455. The van der Waals surface area contributed by atoms with Crippen molar-refractivity contribution in [1.82, 2.24) is 0 Å². The largest absolute Gasteiger partial charge is 0.427 e. The first-order chi connectivity index (χ1) is 1.91. The molecular weight excluding hydrogens is 74.3 g/mol. The van der Waals surface area contributed by atoms with Gasteiger partial charge in [0.2, 0.25) is 0 Å². The van der Waals surface area contributed by atoms with E-state index in [1.54, 1.807) is 7.11 Å². The molecule has 3 heteroatoms. The summed E-state index contributed by atoms with van der Waals surface area (Å²) in [5.74, 6) is 0. The van der Waals surface area contributed by atoms with Gasteiger partial charge in [0.05, 0.1) is 0 Å². The Kier molecular flexibility index (Phi) is 3.58. The highest BCUT2D eigenvalue weighted by Gasteiger charge is 1.63. The Balaban J connectivity index is 1.97. The van der Waals surface area contributed by atoms with E-state index in [9.17, 15) is 0 Å². The van der Waals surface area contributed by atoms with E-state index >= 15 is 0 Å². The Morgan fingerprint density at radius 1 is 2.00 bits per heavy atom. The van der Waals surface area contributed by atoms with Gasteiger partial charge in [0.15, 0.2) is 0 Å². The van der Waals surface area contributed by atoms with Crippen molar-refractivity contribution in [3.63, 3.8) is 0 Å². The van der Waals surface area contributed by atoms with E-state index in [0.29, 0.717) is 6.90 Å². The van der Waals surface area contributed by atoms with E-state index in [1.165, 1.54) is 0 Å². The molecule has 0 aliphatic heterocycles. The number of halogens is 1. The minimum Gasteiger partial charge on any atom is -0.427 e. The van der Waals surface area contributed by atoms with Crippen molar-refractivity contribution in [2.45, 2.75) is 0 Å². The molecule has 0 bridgehead atoms. The predicted octanol–water partition coefficient (Wildman–Crippen LogP) is 0.138. The molecule has 0 atom stereocenters. The fraction of sp³-hybridized carbons (Fsp3) is 1.00. The molecule has 1 nitrogen and oxygen atoms in total. The lowest BCUT2D eigenvalue weighted by Gasteiger charge is -1.70. The summed E-state index contributed by atoms with van der Waals surface area (Å²) in [6.45, 7) is 0.292. The first-order valence-electron chi connectivity index (χ1n) is 0.964. The molecule has 0 aliphatic carbocycles. The van der Waals surface area contributed by atoms with Crippen molar-refractivity contribution in [1.29, 1.82) is 0 Å². The molecule has 0 heterocycles. The molecule has 0 aromatic rings. The standard InChI is InChI=1S/CH4BClO/c1-4-2-3/h2H,1H3. The summed E-state index contributed by atoms with van der Waals surface area (Å²) in [5, 5.41) is 0. The first kappa shape index (κ1) is 4.31. The van der Waals surface area contributed by atoms with Crippen LogP contribution in [0.3, 0.4) is 0 Å². The maximum absolute atomic E-state index is 4.96. The van der Waals surface area contributed by atoms with Crippen molar-refractivity contribution < 1.29 is 4.65 Å². The average molecular weight is 78.3 g/mol. The van der Waals surface area contributed by atoms with Crippen LogP contribution in [0.2, 0.25) is 0 Å². The molecule has 0 spiro atoms. The summed E-state index contributed by atoms with van der Waals surface area (Å²) in [6, 6.07) is 0. The lowest BCUT2D eigenvalue weighted by atomic mass is 10.6. The second-order valence-corrected chi connectivity index (χ2v) is 0.616. The Morgan fingerprint density at radius 2 is 2.25 bits per heavy atom. The highest BCUT2D eigenvalue weighted by molar-refractivity contribution is 6.89. The zero-order valence-electron chi connectivity index (χ0n) is 2.49. The predicted molar refractivity (Wildman–Crippen MR) is 20.0 cm³/mol. The van der Waals surface area contributed by atoms with E-state index in [4.69, 9.17) is 11.5 Å². The van der Waals surface area contributed by atoms with Crippen molar-refractivity contribution in [2.24, 2.45) is 0 Å². The molecule has 0 fully saturated rings. The minimum atomic E-state index is 0.292. The molecule has 0 amide bonds. The van der Waals surface area contributed by atoms with Crippen molar-refractivity contribution >= 4 is 18.4 Å². The van der Waals surface area contributed by atoms with Crippen LogP contribution < -0.4 is 0 Å². The quantitative estimate of drug-likeness (QED) is 0.405. The van der Waals surface area contributed by atoms with E-state index in [-0.39, 0.29) is 0 Å². The van der Waals surface area contributed by atoms with Crippen LogP contribution >= 0.6 is 11.5 Å². The van der Waals surface area contributed by atoms with Gasteiger partial charge in [-0.2, -0.15) is 11.5 Å². The van der Waals surface area contributed by atoms with Gasteiger partial charge in [-0.15, -0.1) is 0 Å². The first-order valence-corrected chi connectivity index (χ1v) is 1.50. The van der Waals surface area contributed by atoms with Crippen LogP contribution in [0.25, 0.3) is 0 Å². The van der Waals surface area contributed by atoms with Gasteiger partial charge in [0.1, 0.15) is 0 Å². The maximum Gasteiger partial charge on any atom is 0.380 e. The van der Waals surface area contributed by atoms with Crippen LogP contribution in [-0.2, 0) is 4.65 Å². The third-order valence-corrected chi connectivity index (χ3v) is 0.327. The third-order valence-electron chi connectivity index (χ3n) is 0.109. The summed E-state index contributed by atoms with van der Waals surface area (Å²) in [6.07, 6.45) is 0. The fourth-order valence-corrected chi connectivity index (χ4v) is 0. The molecule has 0 saturated carbocycles. The second-order valence-electron chi connectivity index (χ2n) is 0.398. The second kappa shape index (κ2) is 3.31. The highest BCUT2D eigenvalue weighted by Crippen LogP contribution is 1.61. The number of rotatable bonds is 1. The topological polar surface area (TPSA) is 9.23 Å². The van der Waals surface area contributed by atoms with Gasteiger partial charge in [-0.1, -0.05) is 0 Å². The van der Waals surface area contributed by atoms with Crippen LogP contribution in [0.1, 0.15) is 0 Å². The van der Waals surface area contributed by atoms with Gasteiger partial charge in [-0.3, -0.25) is 0 Å². The molecule has 0 radical (unpaired) electrons. The molecule has 0 saturated heterocycles. The fourth-order valence-electron chi connectivity index (χ4n) is 0. The monoisotopic (exact) mass is 78.0 g/mol. The van der Waals surface area contributed by atoms with Gasteiger partial charge in [-0.05, 0) is 0 Å². The van der Waals surface area contributed by atoms with Crippen LogP contribution in [-0.4, -0.2) is 14.0 Å². The normalized spacial score (nSPS) is 6.50. The van der Waals surface area contributed by atoms with Crippen molar-refractivity contribution in [2.75, 3.05) is 7.11 Å². The van der Waals surface area contributed by atoms with Crippen molar-refractivity contribution in [3.05, 3.63) is 0 Å². The molecule has 0 rings (SSSR count). The smallest absolute Gasteiger partial charge is 0.380 e. The average Bonchev–Trinajstić information content (AvgIpc) is 1.37. The third kappa shape index (κ3) is 2.31. The maximum atomic E-state index is 4.96. The Morgan fingerprint density at radius 3 is 2.25 bits per heavy atom. The van der Waals surface area contributed by atoms with Crippen LogP contribution in [0.15, 0.2) is 0 Å². The summed E-state index contributed by atoms with van der Waals surface area (Å²) >= 11 is 4.96. The molecule has 24 valence electrons. The highest BCUT2D eigenvalue weighted by atomic mass is 35.5. The van der Waals surface area contributed by atoms with E-state index in [0.717, 1.165) is 0 Å². The molecule has 0 unspecified atom stereocenters. The van der Waals surface area contributed by atoms with Gasteiger partial charge in [-0.25, -0.2) is 0 Å². The SMILES string of the molecule is COBCl. The summed E-state index contributed by atoms with van der Waals surface area (Å²) in [5.41, 5.74) is 0. The molecular formula is CH4BClO. The summed E-state index contributed by atoms with van der Waals surface area (Å²) in [4.78, 5) is 0. The molecule has 4 heavy (non-hydrogen) atoms. The Labute approximate surface area is 31.1 Å². The Hall–Kier alpha value is 0.315. The Bertz CT molecular complexity index is 10.0. The van der Waals surface area contributed by atoms with Gasteiger partial charge in [0, 0.05) is 7.11 Å². The van der Waals surface area contributed by atoms with Crippen molar-refractivity contribution in [3.8, 4) is 0 Å². The zero-order chi connectivity index (χ0) is 3.41. The van der Waals surface area contributed by atoms with E-state index < -0.39 is 0 Å². The molecule has 0 aliphatic rings.